The van der Waals surface area contributed by atoms with E-state index in [4.69, 9.17) is 0 Å². The first kappa shape index (κ1) is 18.4. The number of carbonyl (C=O) groups excluding carboxylic acids is 2. The van der Waals surface area contributed by atoms with Gasteiger partial charge in [0.1, 0.15) is 5.69 Å². The van der Waals surface area contributed by atoms with Crippen molar-refractivity contribution in [2.75, 3.05) is 6.54 Å². The van der Waals surface area contributed by atoms with Crippen LogP contribution in [0.2, 0.25) is 0 Å². The molecule has 0 bridgehead atoms. The third kappa shape index (κ3) is 5.95. The number of nitrogens with zero attached hydrogens (tertiary/aromatic N) is 1. The highest BCUT2D eigenvalue weighted by Crippen LogP contribution is 2.17. The molecule has 1 fully saturated rings. The van der Waals surface area contributed by atoms with Gasteiger partial charge in [-0.15, -0.1) is 0 Å². The predicted octanol–water partition coefficient (Wildman–Crippen LogP) is 3.45. The van der Waals surface area contributed by atoms with E-state index in [1.807, 2.05) is 0 Å². The maximum Gasteiger partial charge on any atom is 0.269 e. The smallest absolute Gasteiger partial charge is 0.269 e. The minimum absolute atomic E-state index is 0.107. The quantitative estimate of drug-likeness (QED) is 0.594. The van der Waals surface area contributed by atoms with Crippen molar-refractivity contribution in [2.24, 2.45) is 0 Å². The Kier molecular flexibility index (Phi) is 7.72. The number of pyridine rings is 1. The number of hydrogen-bond donors (Lipinski definition) is 2. The van der Waals surface area contributed by atoms with Crippen LogP contribution in [0.4, 0.5) is 0 Å². The van der Waals surface area contributed by atoms with Gasteiger partial charge >= 0.3 is 0 Å². The van der Waals surface area contributed by atoms with Gasteiger partial charge in [0.05, 0.1) is 0 Å². The fourth-order valence-electron chi connectivity index (χ4n) is 3.06. The number of amides is 2. The minimum Gasteiger partial charge on any atom is -0.351 e. The summed E-state index contributed by atoms with van der Waals surface area (Å²) in [6.45, 7) is 2.77. The Labute approximate surface area is 144 Å². The summed E-state index contributed by atoms with van der Waals surface area (Å²) in [6, 6.07) is 3.50. The van der Waals surface area contributed by atoms with Crippen molar-refractivity contribution >= 4 is 11.8 Å². The first-order valence-corrected chi connectivity index (χ1v) is 9.26. The highest BCUT2D eigenvalue weighted by Gasteiger charge is 2.17. The molecular formula is C19H29N3O2. The Morgan fingerprint density at radius 2 is 1.88 bits per heavy atom. The minimum atomic E-state index is -0.213. The summed E-state index contributed by atoms with van der Waals surface area (Å²) in [4.78, 5) is 28.6. The highest BCUT2D eigenvalue weighted by atomic mass is 16.2. The fourth-order valence-corrected chi connectivity index (χ4v) is 3.06. The third-order valence-corrected chi connectivity index (χ3v) is 4.51. The van der Waals surface area contributed by atoms with Crippen LogP contribution in [0.25, 0.3) is 0 Å². The van der Waals surface area contributed by atoms with E-state index in [1.54, 1.807) is 12.1 Å². The number of rotatable bonds is 7. The van der Waals surface area contributed by atoms with Crippen LogP contribution in [-0.4, -0.2) is 29.4 Å². The molecule has 0 unspecified atom stereocenters. The molecule has 2 amide bonds. The maximum atomic E-state index is 12.4. The second-order valence-corrected chi connectivity index (χ2v) is 6.55. The molecule has 1 heterocycles. The molecule has 1 aromatic heterocycles. The van der Waals surface area contributed by atoms with Crippen molar-refractivity contribution < 1.29 is 9.59 Å². The number of aromatic nitrogens is 1. The van der Waals surface area contributed by atoms with Crippen molar-refractivity contribution in [3.63, 3.8) is 0 Å². The van der Waals surface area contributed by atoms with E-state index in [9.17, 15) is 9.59 Å². The summed E-state index contributed by atoms with van der Waals surface area (Å²) in [7, 11) is 0. The molecule has 1 aliphatic carbocycles. The molecule has 0 radical (unpaired) electrons. The number of unbranched alkanes of at least 4 members (excludes halogenated alkanes) is 2. The molecule has 5 heteroatoms. The summed E-state index contributed by atoms with van der Waals surface area (Å²) in [5.41, 5.74) is 0.813. The Balaban J connectivity index is 1.90. The topological polar surface area (TPSA) is 71.1 Å². The molecule has 0 atom stereocenters. The van der Waals surface area contributed by atoms with Crippen LogP contribution < -0.4 is 10.6 Å². The monoisotopic (exact) mass is 331 g/mol. The van der Waals surface area contributed by atoms with E-state index in [2.05, 4.69) is 22.5 Å². The Morgan fingerprint density at radius 3 is 2.58 bits per heavy atom. The van der Waals surface area contributed by atoms with E-state index in [-0.39, 0.29) is 17.9 Å². The summed E-state index contributed by atoms with van der Waals surface area (Å²) >= 11 is 0. The van der Waals surface area contributed by atoms with Gasteiger partial charge in [0.15, 0.2) is 0 Å². The molecule has 1 aromatic rings. The molecule has 1 aliphatic rings. The van der Waals surface area contributed by atoms with Gasteiger partial charge in [-0.05, 0) is 31.4 Å². The molecule has 0 aliphatic heterocycles. The summed E-state index contributed by atoms with van der Waals surface area (Å²) < 4.78 is 0. The van der Waals surface area contributed by atoms with Gasteiger partial charge in [0, 0.05) is 24.3 Å². The summed E-state index contributed by atoms with van der Waals surface area (Å²) in [6.07, 6.45) is 11.6. The van der Waals surface area contributed by atoms with Crippen molar-refractivity contribution in [3.8, 4) is 0 Å². The average Bonchev–Trinajstić information content (AvgIpc) is 2.87. The first-order chi connectivity index (χ1) is 11.7. The second-order valence-electron chi connectivity index (χ2n) is 6.55. The standard InChI is InChI=1S/C19H29N3O2/c1-2-3-8-12-21-19(24)17-14-15(11-13-20-17)18(23)22-16-9-6-4-5-7-10-16/h11,13-14,16H,2-10,12H2,1H3,(H,21,24)(H,22,23). The zero-order valence-electron chi connectivity index (χ0n) is 14.6. The van der Waals surface area contributed by atoms with Crippen LogP contribution in [-0.2, 0) is 0 Å². The lowest BCUT2D eigenvalue weighted by atomic mass is 10.1. The summed E-state index contributed by atoms with van der Waals surface area (Å²) in [5.74, 6) is -0.320. The van der Waals surface area contributed by atoms with Gasteiger partial charge in [0.2, 0.25) is 0 Å². The van der Waals surface area contributed by atoms with Crippen LogP contribution >= 0.6 is 0 Å². The number of carbonyl (C=O) groups is 2. The molecule has 0 saturated heterocycles. The van der Waals surface area contributed by atoms with Gasteiger partial charge in [-0.1, -0.05) is 45.4 Å². The maximum absolute atomic E-state index is 12.4. The Morgan fingerprint density at radius 1 is 1.12 bits per heavy atom. The molecule has 24 heavy (non-hydrogen) atoms. The lowest BCUT2D eigenvalue weighted by Crippen LogP contribution is -2.34. The molecule has 2 N–H and O–H groups in total. The van der Waals surface area contributed by atoms with Crippen LogP contribution in [0.3, 0.4) is 0 Å². The lowest BCUT2D eigenvalue weighted by molar-refractivity contribution is 0.0933. The summed E-state index contributed by atoms with van der Waals surface area (Å²) in [5, 5.41) is 5.96. The van der Waals surface area contributed by atoms with Gasteiger partial charge in [-0.2, -0.15) is 0 Å². The normalized spacial score (nSPS) is 15.5. The van der Waals surface area contributed by atoms with Crippen molar-refractivity contribution in [1.29, 1.82) is 0 Å². The van der Waals surface area contributed by atoms with Crippen LogP contribution in [0, 0.1) is 0 Å². The Bertz CT molecular complexity index is 537. The van der Waals surface area contributed by atoms with Gasteiger partial charge in [-0.3, -0.25) is 14.6 Å². The van der Waals surface area contributed by atoms with E-state index in [1.165, 1.54) is 31.9 Å². The highest BCUT2D eigenvalue weighted by molar-refractivity contribution is 5.98. The van der Waals surface area contributed by atoms with E-state index < -0.39 is 0 Å². The molecule has 2 rings (SSSR count). The van der Waals surface area contributed by atoms with Crippen LogP contribution in [0.5, 0.6) is 0 Å². The second kappa shape index (κ2) is 10.1. The average molecular weight is 331 g/mol. The van der Waals surface area contributed by atoms with Crippen molar-refractivity contribution in [3.05, 3.63) is 29.6 Å². The van der Waals surface area contributed by atoms with Crippen LogP contribution in [0.1, 0.15) is 85.6 Å². The molecule has 0 aromatic carbocycles. The van der Waals surface area contributed by atoms with Crippen molar-refractivity contribution in [2.45, 2.75) is 70.8 Å². The number of nitrogens with one attached hydrogen (secondary N) is 2. The van der Waals surface area contributed by atoms with Gasteiger partial charge in [0.25, 0.3) is 11.8 Å². The molecule has 0 spiro atoms. The SMILES string of the molecule is CCCCCNC(=O)c1cc(C(=O)NC2CCCCCC2)ccn1. The largest absolute Gasteiger partial charge is 0.351 e. The lowest BCUT2D eigenvalue weighted by Gasteiger charge is -2.16. The van der Waals surface area contributed by atoms with Crippen molar-refractivity contribution in [1.82, 2.24) is 15.6 Å². The molecular weight excluding hydrogens is 302 g/mol. The third-order valence-electron chi connectivity index (χ3n) is 4.51. The van der Waals surface area contributed by atoms with Gasteiger partial charge in [-0.25, -0.2) is 0 Å². The number of hydrogen-bond acceptors (Lipinski definition) is 3. The van der Waals surface area contributed by atoms with Gasteiger partial charge < -0.3 is 10.6 Å². The van der Waals surface area contributed by atoms with E-state index >= 15 is 0 Å². The molecule has 1 saturated carbocycles. The van der Waals surface area contributed by atoms with E-state index in [0.717, 1.165) is 32.1 Å². The molecule has 5 nitrogen and oxygen atoms in total. The van der Waals surface area contributed by atoms with Crippen LogP contribution in [0.15, 0.2) is 18.3 Å². The Hall–Kier alpha value is -1.91. The molecule has 132 valence electrons. The zero-order chi connectivity index (χ0) is 17.2. The van der Waals surface area contributed by atoms with E-state index in [0.29, 0.717) is 17.8 Å². The zero-order valence-corrected chi connectivity index (χ0v) is 14.6. The first-order valence-electron chi connectivity index (χ1n) is 9.26. The predicted molar refractivity (Wildman–Crippen MR) is 95.1 cm³/mol. The fraction of sp³-hybridized carbons (Fsp3) is 0.632.